The van der Waals surface area contributed by atoms with E-state index in [2.05, 4.69) is 20.6 Å². The Labute approximate surface area is 153 Å². The largest absolute Gasteiger partial charge is 0.401 e. The predicted octanol–water partition coefficient (Wildman–Crippen LogP) is 3.63. The van der Waals surface area contributed by atoms with Crippen LogP contribution in [0.1, 0.15) is 12.8 Å². The van der Waals surface area contributed by atoms with Crippen molar-refractivity contribution in [2.75, 3.05) is 11.1 Å². The number of aryl methyl sites for hydroxylation is 1. The molecule has 7 nitrogen and oxygen atoms in total. The van der Waals surface area contributed by atoms with Crippen LogP contribution in [0, 0.1) is 0 Å². The molecule has 0 aliphatic rings. The summed E-state index contributed by atoms with van der Waals surface area (Å²) in [5, 5.41) is 15.2. The number of carbonyl (C=O) groups excluding carboxylic acids is 1. The zero-order chi connectivity index (χ0) is 17.6. The Hall–Kier alpha value is -2.32. The maximum Gasteiger partial charge on any atom is 0.322 e. The van der Waals surface area contributed by atoms with E-state index in [4.69, 9.17) is 16.0 Å². The molecule has 0 saturated heterocycles. The van der Waals surface area contributed by atoms with Gasteiger partial charge in [-0.3, -0.25) is 14.8 Å². The summed E-state index contributed by atoms with van der Waals surface area (Å²) in [6.07, 6.45) is 2.89. The SMILES string of the molecule is Cn1ccc(-c2nnc(NC(=O)CCCSc3ccc(Cl)cc3)o2)n1. The Balaban J connectivity index is 1.42. The van der Waals surface area contributed by atoms with Gasteiger partial charge in [-0.25, -0.2) is 0 Å². The highest BCUT2D eigenvalue weighted by Gasteiger charge is 2.13. The number of hydrogen-bond acceptors (Lipinski definition) is 6. The Morgan fingerprint density at radius 2 is 2.08 bits per heavy atom. The summed E-state index contributed by atoms with van der Waals surface area (Å²) in [6.45, 7) is 0. The van der Waals surface area contributed by atoms with E-state index in [9.17, 15) is 4.79 Å². The Morgan fingerprint density at radius 1 is 1.28 bits per heavy atom. The molecule has 3 aromatic rings. The molecule has 1 N–H and O–H groups in total. The van der Waals surface area contributed by atoms with Crippen LogP contribution in [0.4, 0.5) is 6.01 Å². The van der Waals surface area contributed by atoms with Crippen molar-refractivity contribution in [3.05, 3.63) is 41.6 Å². The second-order valence-electron chi connectivity index (χ2n) is 5.24. The number of rotatable bonds is 7. The fourth-order valence-electron chi connectivity index (χ4n) is 2.04. The summed E-state index contributed by atoms with van der Waals surface area (Å²) in [6, 6.07) is 9.47. The molecule has 1 amide bonds. The van der Waals surface area contributed by atoms with Crippen molar-refractivity contribution in [1.29, 1.82) is 0 Å². The molecule has 9 heteroatoms. The lowest BCUT2D eigenvalue weighted by Gasteiger charge is -2.02. The number of aromatic nitrogens is 4. The fraction of sp³-hybridized carbons (Fsp3) is 0.250. The van der Waals surface area contributed by atoms with Crippen LogP contribution in [0.3, 0.4) is 0 Å². The van der Waals surface area contributed by atoms with Crippen LogP contribution in [-0.4, -0.2) is 31.6 Å². The molecule has 0 bridgehead atoms. The lowest BCUT2D eigenvalue weighted by atomic mass is 10.3. The molecule has 0 aliphatic carbocycles. The van der Waals surface area contributed by atoms with Crippen LogP contribution in [-0.2, 0) is 11.8 Å². The highest BCUT2D eigenvalue weighted by molar-refractivity contribution is 7.99. The van der Waals surface area contributed by atoms with Crippen LogP contribution in [0.5, 0.6) is 0 Å². The minimum absolute atomic E-state index is 0.0796. The zero-order valence-corrected chi connectivity index (χ0v) is 15.0. The van der Waals surface area contributed by atoms with Gasteiger partial charge in [-0.05, 0) is 42.5 Å². The van der Waals surface area contributed by atoms with Gasteiger partial charge in [0.05, 0.1) is 0 Å². The van der Waals surface area contributed by atoms with Gasteiger partial charge in [-0.1, -0.05) is 16.7 Å². The maximum absolute atomic E-state index is 11.9. The standard InChI is InChI=1S/C16H16ClN5O2S/c1-22-9-8-13(21-22)15-19-20-16(24-15)18-14(23)3-2-10-25-12-6-4-11(17)5-7-12/h4-9H,2-3,10H2,1H3,(H,18,20,23). The Morgan fingerprint density at radius 3 is 2.80 bits per heavy atom. The van der Waals surface area contributed by atoms with E-state index < -0.39 is 0 Å². The lowest BCUT2D eigenvalue weighted by molar-refractivity contribution is -0.116. The molecular formula is C16H16ClN5O2S. The number of anilines is 1. The van der Waals surface area contributed by atoms with Crippen LogP contribution < -0.4 is 5.32 Å². The number of nitrogens with one attached hydrogen (secondary N) is 1. The van der Waals surface area contributed by atoms with Gasteiger partial charge in [-0.2, -0.15) is 5.10 Å². The van der Waals surface area contributed by atoms with Gasteiger partial charge >= 0.3 is 6.01 Å². The number of nitrogens with zero attached hydrogens (tertiary/aromatic N) is 4. The first-order chi connectivity index (χ1) is 12.1. The van der Waals surface area contributed by atoms with E-state index in [1.807, 2.05) is 24.3 Å². The number of amides is 1. The molecule has 0 atom stereocenters. The highest BCUT2D eigenvalue weighted by Crippen LogP contribution is 2.22. The van der Waals surface area contributed by atoms with Crippen LogP contribution in [0.15, 0.2) is 45.8 Å². The molecule has 1 aromatic carbocycles. The molecule has 2 heterocycles. The highest BCUT2D eigenvalue weighted by atomic mass is 35.5. The zero-order valence-electron chi connectivity index (χ0n) is 13.5. The van der Waals surface area contributed by atoms with E-state index in [0.29, 0.717) is 17.1 Å². The minimum atomic E-state index is -0.159. The third-order valence-electron chi connectivity index (χ3n) is 3.23. The topological polar surface area (TPSA) is 85.8 Å². The molecule has 0 spiro atoms. The van der Waals surface area contributed by atoms with Gasteiger partial charge in [0.1, 0.15) is 5.69 Å². The summed E-state index contributed by atoms with van der Waals surface area (Å²) in [5.74, 6) is 0.944. The van der Waals surface area contributed by atoms with Crippen molar-refractivity contribution in [1.82, 2.24) is 20.0 Å². The summed E-state index contributed by atoms with van der Waals surface area (Å²) >= 11 is 7.53. The van der Waals surface area contributed by atoms with E-state index in [1.165, 1.54) is 0 Å². The molecule has 130 valence electrons. The third kappa shape index (κ3) is 5.07. The molecule has 3 rings (SSSR count). The van der Waals surface area contributed by atoms with Crippen molar-refractivity contribution in [3.63, 3.8) is 0 Å². The van der Waals surface area contributed by atoms with Crippen molar-refractivity contribution in [2.24, 2.45) is 7.05 Å². The molecule has 0 fully saturated rings. The monoisotopic (exact) mass is 377 g/mol. The summed E-state index contributed by atoms with van der Waals surface area (Å²) < 4.78 is 7.03. The lowest BCUT2D eigenvalue weighted by Crippen LogP contribution is -2.11. The van der Waals surface area contributed by atoms with Crippen LogP contribution in [0.2, 0.25) is 5.02 Å². The van der Waals surface area contributed by atoms with E-state index in [-0.39, 0.29) is 17.8 Å². The van der Waals surface area contributed by atoms with E-state index in [0.717, 1.165) is 17.1 Å². The first-order valence-electron chi connectivity index (χ1n) is 7.62. The molecule has 2 aromatic heterocycles. The van der Waals surface area contributed by atoms with Gasteiger partial charge in [-0.15, -0.1) is 16.9 Å². The van der Waals surface area contributed by atoms with Gasteiger partial charge < -0.3 is 4.42 Å². The summed E-state index contributed by atoms with van der Waals surface area (Å²) in [4.78, 5) is 13.1. The van der Waals surface area contributed by atoms with E-state index >= 15 is 0 Å². The molecule has 0 unspecified atom stereocenters. The Bertz CT molecular complexity index is 846. The predicted molar refractivity (Wildman–Crippen MR) is 96.5 cm³/mol. The average Bonchev–Trinajstić information content (AvgIpc) is 3.22. The molecule has 0 aliphatic heterocycles. The first kappa shape index (κ1) is 17.5. The molecule has 25 heavy (non-hydrogen) atoms. The number of halogens is 1. The van der Waals surface area contributed by atoms with E-state index in [1.54, 1.807) is 35.8 Å². The van der Waals surface area contributed by atoms with Gasteiger partial charge in [0.15, 0.2) is 0 Å². The normalized spacial score (nSPS) is 10.8. The van der Waals surface area contributed by atoms with Crippen molar-refractivity contribution >= 4 is 35.3 Å². The summed E-state index contributed by atoms with van der Waals surface area (Å²) in [5.41, 5.74) is 0.565. The molecule has 0 radical (unpaired) electrons. The molecular weight excluding hydrogens is 362 g/mol. The smallest absolute Gasteiger partial charge is 0.322 e. The van der Waals surface area contributed by atoms with Crippen LogP contribution in [0.25, 0.3) is 11.6 Å². The quantitative estimate of drug-likeness (QED) is 0.499. The second kappa shape index (κ2) is 8.17. The van der Waals surface area contributed by atoms with Gasteiger partial charge in [0.25, 0.3) is 5.89 Å². The number of thioether (sulfide) groups is 1. The van der Waals surface area contributed by atoms with Crippen LogP contribution >= 0.6 is 23.4 Å². The minimum Gasteiger partial charge on any atom is -0.401 e. The Kier molecular flexibility index (Phi) is 5.72. The van der Waals surface area contributed by atoms with Crippen molar-refractivity contribution < 1.29 is 9.21 Å². The number of hydrogen-bond donors (Lipinski definition) is 1. The fourth-order valence-corrected chi connectivity index (χ4v) is 3.02. The van der Waals surface area contributed by atoms with Gasteiger partial charge in [0.2, 0.25) is 5.91 Å². The van der Waals surface area contributed by atoms with Crippen molar-refractivity contribution in [2.45, 2.75) is 17.7 Å². The first-order valence-corrected chi connectivity index (χ1v) is 8.98. The summed E-state index contributed by atoms with van der Waals surface area (Å²) in [7, 11) is 1.80. The van der Waals surface area contributed by atoms with Gasteiger partial charge in [0, 0.05) is 29.6 Å². The maximum atomic E-state index is 11.9. The second-order valence-corrected chi connectivity index (χ2v) is 6.85. The van der Waals surface area contributed by atoms with Crippen molar-refractivity contribution in [3.8, 4) is 11.6 Å². The number of benzene rings is 1. The third-order valence-corrected chi connectivity index (χ3v) is 4.58. The average molecular weight is 378 g/mol. The number of carbonyl (C=O) groups is 1. The molecule has 0 saturated carbocycles.